The number of halogens is 2. The first-order chi connectivity index (χ1) is 8.16. The lowest BCUT2D eigenvalue weighted by Crippen LogP contribution is -2.38. The SMILES string of the molecule is O=C(NC1CCCSC1)c1cc(F)cnc1Cl. The Balaban J connectivity index is 2.05. The number of aromatic nitrogens is 1. The second-order valence-corrected chi connectivity index (χ2v) is 5.39. The van der Waals surface area contributed by atoms with Gasteiger partial charge in [0.15, 0.2) is 0 Å². The first-order valence-corrected chi connectivity index (χ1v) is 6.90. The quantitative estimate of drug-likeness (QED) is 0.843. The predicted molar refractivity (Wildman–Crippen MR) is 67.0 cm³/mol. The maximum absolute atomic E-state index is 13.0. The Hall–Kier alpha value is -0.810. The molecule has 0 aromatic carbocycles. The van der Waals surface area contributed by atoms with Crippen LogP contribution in [0, 0.1) is 5.82 Å². The van der Waals surface area contributed by atoms with E-state index < -0.39 is 5.82 Å². The molecular weight excluding hydrogens is 263 g/mol. The summed E-state index contributed by atoms with van der Waals surface area (Å²) in [6.07, 6.45) is 3.04. The van der Waals surface area contributed by atoms with Crippen molar-refractivity contribution in [3.63, 3.8) is 0 Å². The van der Waals surface area contributed by atoms with Crippen molar-refractivity contribution in [2.45, 2.75) is 18.9 Å². The summed E-state index contributed by atoms with van der Waals surface area (Å²) in [6.45, 7) is 0. The number of carbonyl (C=O) groups excluding carboxylic acids is 1. The Morgan fingerprint density at radius 2 is 2.47 bits per heavy atom. The van der Waals surface area contributed by atoms with Gasteiger partial charge >= 0.3 is 0 Å². The van der Waals surface area contributed by atoms with Crippen molar-refractivity contribution in [2.75, 3.05) is 11.5 Å². The van der Waals surface area contributed by atoms with Crippen molar-refractivity contribution in [1.29, 1.82) is 0 Å². The summed E-state index contributed by atoms with van der Waals surface area (Å²) < 4.78 is 13.0. The number of carbonyl (C=O) groups is 1. The molecule has 92 valence electrons. The zero-order valence-corrected chi connectivity index (χ0v) is 10.7. The van der Waals surface area contributed by atoms with Gasteiger partial charge in [0.05, 0.1) is 11.8 Å². The number of nitrogens with one attached hydrogen (secondary N) is 1. The van der Waals surface area contributed by atoms with Gasteiger partial charge in [-0.3, -0.25) is 4.79 Å². The molecule has 0 aliphatic carbocycles. The molecule has 1 amide bonds. The lowest BCUT2D eigenvalue weighted by Gasteiger charge is -2.22. The van der Waals surface area contributed by atoms with Gasteiger partial charge < -0.3 is 5.32 Å². The topological polar surface area (TPSA) is 42.0 Å². The molecule has 1 aromatic heterocycles. The number of hydrogen-bond acceptors (Lipinski definition) is 3. The highest BCUT2D eigenvalue weighted by atomic mass is 35.5. The molecule has 0 spiro atoms. The molecule has 17 heavy (non-hydrogen) atoms. The molecular formula is C11H12ClFN2OS. The minimum Gasteiger partial charge on any atom is -0.348 e. The van der Waals surface area contributed by atoms with Gasteiger partial charge in [-0.05, 0) is 24.7 Å². The van der Waals surface area contributed by atoms with Gasteiger partial charge in [0, 0.05) is 11.8 Å². The van der Waals surface area contributed by atoms with E-state index in [4.69, 9.17) is 11.6 Å². The second-order valence-electron chi connectivity index (χ2n) is 3.88. The van der Waals surface area contributed by atoms with Crippen molar-refractivity contribution in [1.82, 2.24) is 10.3 Å². The highest BCUT2D eigenvalue weighted by molar-refractivity contribution is 7.99. The Kier molecular flexibility index (Phi) is 4.23. The van der Waals surface area contributed by atoms with Crippen LogP contribution in [-0.4, -0.2) is 28.4 Å². The lowest BCUT2D eigenvalue weighted by molar-refractivity contribution is 0.0938. The van der Waals surface area contributed by atoms with Gasteiger partial charge in [-0.1, -0.05) is 11.6 Å². The largest absolute Gasteiger partial charge is 0.348 e. The molecule has 1 aliphatic rings. The first kappa shape index (κ1) is 12.6. The maximum atomic E-state index is 13.0. The van der Waals surface area contributed by atoms with Crippen LogP contribution in [-0.2, 0) is 0 Å². The fourth-order valence-corrected chi connectivity index (χ4v) is 2.96. The van der Waals surface area contributed by atoms with Crippen molar-refractivity contribution < 1.29 is 9.18 Å². The summed E-state index contributed by atoms with van der Waals surface area (Å²) in [4.78, 5) is 15.5. The minimum atomic E-state index is -0.558. The second kappa shape index (κ2) is 5.69. The van der Waals surface area contributed by atoms with E-state index in [1.807, 2.05) is 11.8 Å². The van der Waals surface area contributed by atoms with Gasteiger partial charge in [-0.2, -0.15) is 11.8 Å². The normalized spacial score (nSPS) is 20.0. The lowest BCUT2D eigenvalue weighted by atomic mass is 10.1. The average molecular weight is 275 g/mol. The highest BCUT2D eigenvalue weighted by Gasteiger charge is 2.19. The van der Waals surface area contributed by atoms with Crippen LogP contribution in [0.5, 0.6) is 0 Å². The number of thioether (sulfide) groups is 1. The van der Waals surface area contributed by atoms with E-state index >= 15 is 0 Å². The van der Waals surface area contributed by atoms with E-state index in [-0.39, 0.29) is 22.7 Å². The van der Waals surface area contributed by atoms with Crippen LogP contribution in [0.4, 0.5) is 4.39 Å². The monoisotopic (exact) mass is 274 g/mol. The molecule has 1 N–H and O–H groups in total. The molecule has 2 heterocycles. The first-order valence-electron chi connectivity index (χ1n) is 5.36. The van der Waals surface area contributed by atoms with Crippen LogP contribution < -0.4 is 5.32 Å². The van der Waals surface area contributed by atoms with E-state index in [0.717, 1.165) is 36.6 Å². The summed E-state index contributed by atoms with van der Waals surface area (Å²) in [7, 11) is 0. The number of hydrogen-bond donors (Lipinski definition) is 1. The minimum absolute atomic E-state index is 0.0346. The number of rotatable bonds is 2. The Morgan fingerprint density at radius 1 is 1.65 bits per heavy atom. The van der Waals surface area contributed by atoms with E-state index in [2.05, 4.69) is 10.3 Å². The third kappa shape index (κ3) is 3.33. The van der Waals surface area contributed by atoms with Crippen molar-refractivity contribution in [2.24, 2.45) is 0 Å². The summed E-state index contributed by atoms with van der Waals surface area (Å²) in [5, 5.41) is 2.89. The average Bonchev–Trinajstić information content (AvgIpc) is 2.33. The van der Waals surface area contributed by atoms with Gasteiger partial charge in [0.1, 0.15) is 11.0 Å². The Bertz CT molecular complexity index is 424. The molecule has 0 saturated carbocycles. The third-order valence-corrected chi connectivity index (χ3v) is 4.06. The highest BCUT2D eigenvalue weighted by Crippen LogP contribution is 2.19. The van der Waals surface area contributed by atoms with Gasteiger partial charge in [0.2, 0.25) is 0 Å². The van der Waals surface area contributed by atoms with Crippen LogP contribution in [0.25, 0.3) is 0 Å². The predicted octanol–water partition coefficient (Wildman–Crippen LogP) is 2.50. The zero-order chi connectivity index (χ0) is 12.3. The fraction of sp³-hybridized carbons (Fsp3) is 0.455. The summed E-state index contributed by atoms with van der Waals surface area (Å²) >= 11 is 7.58. The molecule has 1 saturated heterocycles. The number of nitrogens with zero attached hydrogens (tertiary/aromatic N) is 1. The van der Waals surface area contributed by atoms with Crippen molar-refractivity contribution >= 4 is 29.3 Å². The van der Waals surface area contributed by atoms with Crippen LogP contribution in [0.1, 0.15) is 23.2 Å². The number of amides is 1. The molecule has 1 atom stereocenters. The Labute approximate surface area is 108 Å². The van der Waals surface area contributed by atoms with E-state index in [9.17, 15) is 9.18 Å². The molecule has 0 radical (unpaired) electrons. The zero-order valence-electron chi connectivity index (χ0n) is 9.08. The standard InChI is InChI=1S/C11H12ClFN2OS/c12-10-9(4-7(13)5-14-10)11(16)15-8-2-1-3-17-6-8/h4-5,8H,1-3,6H2,(H,15,16). The van der Waals surface area contributed by atoms with E-state index in [1.54, 1.807) is 0 Å². The van der Waals surface area contributed by atoms with Crippen LogP contribution in [0.15, 0.2) is 12.3 Å². The van der Waals surface area contributed by atoms with Gasteiger partial charge in [0.25, 0.3) is 5.91 Å². The van der Waals surface area contributed by atoms with Crippen molar-refractivity contribution in [3.8, 4) is 0 Å². The molecule has 1 unspecified atom stereocenters. The molecule has 0 bridgehead atoms. The van der Waals surface area contributed by atoms with Gasteiger partial charge in [-0.15, -0.1) is 0 Å². The van der Waals surface area contributed by atoms with E-state index in [1.165, 1.54) is 0 Å². The van der Waals surface area contributed by atoms with Crippen LogP contribution in [0.3, 0.4) is 0 Å². The molecule has 1 aliphatic heterocycles. The molecule has 3 nitrogen and oxygen atoms in total. The third-order valence-electron chi connectivity index (χ3n) is 2.55. The fourth-order valence-electron chi connectivity index (χ4n) is 1.70. The maximum Gasteiger partial charge on any atom is 0.254 e. The summed E-state index contributed by atoms with van der Waals surface area (Å²) in [5.41, 5.74) is 0.0993. The number of pyridine rings is 1. The van der Waals surface area contributed by atoms with E-state index in [0.29, 0.717) is 0 Å². The smallest absolute Gasteiger partial charge is 0.254 e. The Morgan fingerprint density at radius 3 is 3.18 bits per heavy atom. The van der Waals surface area contributed by atoms with Crippen LogP contribution >= 0.6 is 23.4 Å². The van der Waals surface area contributed by atoms with Gasteiger partial charge in [-0.25, -0.2) is 9.37 Å². The molecule has 1 aromatic rings. The molecule has 1 fully saturated rings. The van der Waals surface area contributed by atoms with Crippen LogP contribution in [0.2, 0.25) is 5.15 Å². The molecule has 2 rings (SSSR count). The molecule has 6 heteroatoms. The summed E-state index contributed by atoms with van der Waals surface area (Å²) in [6, 6.07) is 1.25. The van der Waals surface area contributed by atoms with Crippen molar-refractivity contribution in [3.05, 3.63) is 28.8 Å². The summed E-state index contributed by atoms with van der Waals surface area (Å²) in [5.74, 6) is 1.12.